The first-order valence-corrected chi connectivity index (χ1v) is 6.59. The van der Waals surface area contributed by atoms with E-state index in [-0.39, 0.29) is 6.10 Å². The number of ether oxygens (including phenoxy) is 1. The molecular weight excluding hydrogens is 248 g/mol. The summed E-state index contributed by atoms with van der Waals surface area (Å²) in [6.07, 6.45) is 3.50. The predicted octanol–water partition coefficient (Wildman–Crippen LogP) is 3.96. The van der Waals surface area contributed by atoms with Gasteiger partial charge in [-0.1, -0.05) is 30.3 Å². The third-order valence-corrected chi connectivity index (χ3v) is 3.38. The molecule has 3 aromatic rings. The van der Waals surface area contributed by atoms with Gasteiger partial charge < -0.3 is 10.5 Å². The lowest BCUT2D eigenvalue weighted by atomic mass is 10.1. The van der Waals surface area contributed by atoms with Gasteiger partial charge in [0.15, 0.2) is 0 Å². The molecule has 0 radical (unpaired) electrons. The summed E-state index contributed by atoms with van der Waals surface area (Å²) in [4.78, 5) is 4.16. The topological polar surface area (TPSA) is 48.1 Å². The SMILES string of the molecule is CC(Oc1ccc(N)c2ccncc12)c1ccccc1. The fourth-order valence-electron chi connectivity index (χ4n) is 2.27. The van der Waals surface area contributed by atoms with Crippen LogP contribution in [0.2, 0.25) is 0 Å². The maximum atomic E-state index is 6.07. The first kappa shape index (κ1) is 12.5. The fourth-order valence-corrected chi connectivity index (χ4v) is 2.27. The largest absolute Gasteiger partial charge is 0.485 e. The highest BCUT2D eigenvalue weighted by Gasteiger charge is 2.10. The van der Waals surface area contributed by atoms with Crippen molar-refractivity contribution in [2.75, 3.05) is 5.73 Å². The number of pyridine rings is 1. The van der Waals surface area contributed by atoms with Crippen LogP contribution in [0, 0.1) is 0 Å². The first-order chi connectivity index (χ1) is 9.75. The predicted molar refractivity (Wildman–Crippen MR) is 81.6 cm³/mol. The lowest BCUT2D eigenvalue weighted by molar-refractivity contribution is 0.230. The van der Waals surface area contributed by atoms with Crippen LogP contribution in [0.4, 0.5) is 5.69 Å². The van der Waals surface area contributed by atoms with E-state index in [1.807, 2.05) is 43.3 Å². The van der Waals surface area contributed by atoms with Crippen LogP contribution in [-0.4, -0.2) is 4.98 Å². The summed E-state index contributed by atoms with van der Waals surface area (Å²) < 4.78 is 6.07. The van der Waals surface area contributed by atoms with Crippen LogP contribution in [0.5, 0.6) is 5.75 Å². The van der Waals surface area contributed by atoms with Crippen LogP contribution in [0.1, 0.15) is 18.6 Å². The van der Waals surface area contributed by atoms with Gasteiger partial charge in [0.1, 0.15) is 11.9 Å². The number of benzene rings is 2. The molecule has 20 heavy (non-hydrogen) atoms. The van der Waals surface area contributed by atoms with Gasteiger partial charge in [0.05, 0.1) is 0 Å². The number of hydrogen-bond donors (Lipinski definition) is 1. The van der Waals surface area contributed by atoms with E-state index in [0.717, 1.165) is 27.8 Å². The van der Waals surface area contributed by atoms with Gasteiger partial charge in [0, 0.05) is 28.9 Å². The molecule has 1 aromatic heterocycles. The zero-order chi connectivity index (χ0) is 13.9. The van der Waals surface area contributed by atoms with Crippen molar-refractivity contribution in [3.63, 3.8) is 0 Å². The fraction of sp³-hybridized carbons (Fsp3) is 0.118. The highest BCUT2D eigenvalue weighted by Crippen LogP contribution is 2.32. The second kappa shape index (κ2) is 5.21. The molecule has 3 heteroatoms. The minimum absolute atomic E-state index is 0.0248. The molecule has 0 amide bonds. The number of nitrogens with zero attached hydrogens (tertiary/aromatic N) is 1. The Labute approximate surface area is 118 Å². The van der Waals surface area contributed by atoms with Gasteiger partial charge in [-0.25, -0.2) is 0 Å². The van der Waals surface area contributed by atoms with Crippen molar-refractivity contribution in [2.45, 2.75) is 13.0 Å². The van der Waals surface area contributed by atoms with Crippen molar-refractivity contribution in [2.24, 2.45) is 0 Å². The Morgan fingerprint density at radius 1 is 1.00 bits per heavy atom. The Morgan fingerprint density at radius 3 is 2.60 bits per heavy atom. The van der Waals surface area contributed by atoms with Crippen molar-refractivity contribution in [1.82, 2.24) is 4.98 Å². The number of nitrogens with two attached hydrogens (primary N) is 1. The molecule has 1 atom stereocenters. The van der Waals surface area contributed by atoms with Crippen molar-refractivity contribution < 1.29 is 4.74 Å². The highest BCUT2D eigenvalue weighted by atomic mass is 16.5. The summed E-state index contributed by atoms with van der Waals surface area (Å²) in [5.74, 6) is 0.804. The zero-order valence-corrected chi connectivity index (χ0v) is 11.3. The average Bonchev–Trinajstić information content (AvgIpc) is 2.51. The van der Waals surface area contributed by atoms with Gasteiger partial charge in [-0.2, -0.15) is 0 Å². The number of nitrogen functional groups attached to an aromatic ring is 1. The molecule has 2 N–H and O–H groups in total. The summed E-state index contributed by atoms with van der Waals surface area (Å²) in [7, 11) is 0. The Kier molecular flexibility index (Phi) is 3.25. The van der Waals surface area contributed by atoms with Crippen LogP contribution in [0.3, 0.4) is 0 Å². The third-order valence-electron chi connectivity index (χ3n) is 3.38. The van der Waals surface area contributed by atoms with Crippen LogP contribution >= 0.6 is 0 Å². The van der Waals surface area contributed by atoms with Crippen LogP contribution < -0.4 is 10.5 Å². The van der Waals surface area contributed by atoms with E-state index < -0.39 is 0 Å². The summed E-state index contributed by atoms with van der Waals surface area (Å²) >= 11 is 0. The molecule has 0 saturated heterocycles. The van der Waals surface area contributed by atoms with Gasteiger partial charge in [0.25, 0.3) is 0 Å². The monoisotopic (exact) mass is 264 g/mol. The number of hydrogen-bond acceptors (Lipinski definition) is 3. The Bertz CT molecular complexity index is 725. The van der Waals surface area contributed by atoms with E-state index in [1.54, 1.807) is 12.4 Å². The molecule has 0 aliphatic heterocycles. The molecule has 1 heterocycles. The molecule has 3 rings (SSSR count). The summed E-state index contributed by atoms with van der Waals surface area (Å²) in [5.41, 5.74) is 7.86. The molecular formula is C17H16N2O. The van der Waals surface area contributed by atoms with E-state index in [4.69, 9.17) is 10.5 Å². The summed E-state index contributed by atoms with van der Waals surface area (Å²) in [6, 6.07) is 15.8. The Balaban J connectivity index is 1.97. The molecule has 0 bridgehead atoms. The number of rotatable bonds is 3. The first-order valence-electron chi connectivity index (χ1n) is 6.59. The summed E-state index contributed by atoms with van der Waals surface area (Å²) in [6.45, 7) is 2.04. The lowest BCUT2D eigenvalue weighted by Gasteiger charge is -2.17. The normalized spacial score (nSPS) is 12.2. The van der Waals surface area contributed by atoms with Gasteiger partial charge >= 0.3 is 0 Å². The van der Waals surface area contributed by atoms with E-state index in [2.05, 4.69) is 17.1 Å². The van der Waals surface area contributed by atoms with Crippen molar-refractivity contribution in [3.05, 3.63) is 66.5 Å². The number of aromatic nitrogens is 1. The standard InChI is InChI=1S/C17H16N2O/c1-12(13-5-3-2-4-6-13)20-17-8-7-16(18)14-9-10-19-11-15(14)17/h2-12H,18H2,1H3. The Morgan fingerprint density at radius 2 is 1.80 bits per heavy atom. The third kappa shape index (κ3) is 2.30. The van der Waals surface area contributed by atoms with Gasteiger partial charge in [-0.3, -0.25) is 4.98 Å². The van der Waals surface area contributed by atoms with Crippen molar-refractivity contribution in [3.8, 4) is 5.75 Å². The molecule has 2 aromatic carbocycles. The second-order valence-corrected chi connectivity index (χ2v) is 4.74. The molecule has 0 aliphatic rings. The van der Waals surface area contributed by atoms with Crippen molar-refractivity contribution >= 4 is 16.5 Å². The number of fused-ring (bicyclic) bond motifs is 1. The van der Waals surface area contributed by atoms with Gasteiger partial charge in [0.2, 0.25) is 0 Å². The van der Waals surface area contributed by atoms with E-state index in [1.165, 1.54) is 0 Å². The van der Waals surface area contributed by atoms with Gasteiger partial charge in [-0.05, 0) is 30.7 Å². The summed E-state index contributed by atoms with van der Waals surface area (Å²) in [5, 5.41) is 1.91. The smallest absolute Gasteiger partial charge is 0.129 e. The van der Waals surface area contributed by atoms with Crippen LogP contribution in [0.25, 0.3) is 10.8 Å². The zero-order valence-electron chi connectivity index (χ0n) is 11.3. The molecule has 0 saturated carbocycles. The molecule has 0 aliphatic carbocycles. The maximum absolute atomic E-state index is 6.07. The lowest BCUT2D eigenvalue weighted by Crippen LogP contribution is -2.03. The van der Waals surface area contributed by atoms with E-state index >= 15 is 0 Å². The number of anilines is 1. The van der Waals surface area contributed by atoms with Gasteiger partial charge in [-0.15, -0.1) is 0 Å². The average molecular weight is 264 g/mol. The molecule has 100 valence electrons. The minimum atomic E-state index is -0.0248. The molecule has 1 unspecified atom stereocenters. The molecule has 0 spiro atoms. The quantitative estimate of drug-likeness (QED) is 0.728. The van der Waals surface area contributed by atoms with E-state index in [0.29, 0.717) is 0 Å². The highest BCUT2D eigenvalue weighted by molar-refractivity contribution is 5.96. The minimum Gasteiger partial charge on any atom is -0.485 e. The Hall–Kier alpha value is -2.55. The van der Waals surface area contributed by atoms with Crippen LogP contribution in [-0.2, 0) is 0 Å². The van der Waals surface area contributed by atoms with E-state index in [9.17, 15) is 0 Å². The second-order valence-electron chi connectivity index (χ2n) is 4.74. The van der Waals surface area contributed by atoms with Crippen molar-refractivity contribution in [1.29, 1.82) is 0 Å². The van der Waals surface area contributed by atoms with Crippen LogP contribution in [0.15, 0.2) is 60.9 Å². The maximum Gasteiger partial charge on any atom is 0.129 e. The molecule has 0 fully saturated rings. The molecule has 3 nitrogen and oxygen atoms in total.